The summed E-state index contributed by atoms with van der Waals surface area (Å²) in [7, 11) is 0. The van der Waals surface area contributed by atoms with Crippen molar-refractivity contribution in [1.29, 1.82) is 5.26 Å². The highest BCUT2D eigenvalue weighted by atomic mass is 14.2. The molecule has 0 radical (unpaired) electrons. The molecule has 0 unspecified atom stereocenters. The molecule has 0 aliphatic carbocycles. The predicted molar refractivity (Wildman–Crippen MR) is 104 cm³/mol. The second kappa shape index (κ2) is 6.26. The Morgan fingerprint density at radius 1 is 0.600 bits per heavy atom. The Balaban J connectivity index is 1.92. The number of nitriles is 1. The summed E-state index contributed by atoms with van der Waals surface area (Å²) in [5.41, 5.74) is 6.74. The highest BCUT2D eigenvalue weighted by molar-refractivity contribution is 6.04. The van der Waals surface area contributed by atoms with E-state index in [4.69, 9.17) is 5.26 Å². The number of nitrogens with zero attached hydrogens (tertiary/aromatic N) is 1. The van der Waals surface area contributed by atoms with Crippen molar-refractivity contribution in [3.63, 3.8) is 0 Å². The van der Waals surface area contributed by atoms with Crippen molar-refractivity contribution in [2.45, 2.75) is 6.92 Å². The van der Waals surface area contributed by atoms with Gasteiger partial charge in [0.2, 0.25) is 0 Å². The lowest BCUT2D eigenvalue weighted by Gasteiger charge is -2.12. The van der Waals surface area contributed by atoms with Crippen LogP contribution in [0.2, 0.25) is 0 Å². The van der Waals surface area contributed by atoms with Crippen LogP contribution in [0.25, 0.3) is 33.0 Å². The van der Waals surface area contributed by atoms with Crippen LogP contribution in [0.1, 0.15) is 11.1 Å². The zero-order valence-corrected chi connectivity index (χ0v) is 14.0. The first-order valence-electron chi connectivity index (χ1n) is 8.35. The van der Waals surface area contributed by atoms with Gasteiger partial charge in [-0.3, -0.25) is 0 Å². The lowest BCUT2D eigenvalue weighted by Crippen LogP contribution is -1.86. The third-order valence-electron chi connectivity index (χ3n) is 4.61. The van der Waals surface area contributed by atoms with Crippen molar-refractivity contribution < 1.29 is 0 Å². The van der Waals surface area contributed by atoms with Crippen LogP contribution < -0.4 is 0 Å². The first kappa shape index (κ1) is 15.2. The highest BCUT2D eigenvalue weighted by Crippen LogP contribution is 2.35. The summed E-state index contributed by atoms with van der Waals surface area (Å²) in [6, 6.07) is 31.5. The molecular formula is C24H17N. The van der Waals surface area contributed by atoms with Crippen molar-refractivity contribution in [2.75, 3.05) is 0 Å². The molecule has 0 amide bonds. The largest absolute Gasteiger partial charge is 0.192 e. The number of hydrogen-bond acceptors (Lipinski definition) is 1. The number of rotatable bonds is 2. The van der Waals surface area contributed by atoms with Crippen molar-refractivity contribution >= 4 is 10.8 Å². The molecule has 1 heteroatoms. The maximum Gasteiger partial charge on any atom is 0.0991 e. The highest BCUT2D eigenvalue weighted by Gasteiger charge is 2.09. The fraction of sp³-hybridized carbons (Fsp3) is 0.0417. The average molecular weight is 319 g/mol. The van der Waals surface area contributed by atoms with E-state index in [-0.39, 0.29) is 0 Å². The van der Waals surface area contributed by atoms with Gasteiger partial charge in [0, 0.05) is 0 Å². The molecule has 0 aliphatic rings. The fourth-order valence-electron chi connectivity index (χ4n) is 3.26. The molecule has 0 aromatic heterocycles. The molecule has 0 bridgehead atoms. The fourth-order valence-corrected chi connectivity index (χ4v) is 3.26. The van der Waals surface area contributed by atoms with Gasteiger partial charge >= 0.3 is 0 Å². The smallest absolute Gasteiger partial charge is 0.0991 e. The molecule has 4 aromatic rings. The van der Waals surface area contributed by atoms with Gasteiger partial charge in [-0.1, -0.05) is 78.4 Å². The molecule has 0 spiro atoms. The third kappa shape index (κ3) is 2.79. The summed E-state index contributed by atoms with van der Waals surface area (Å²) in [6.07, 6.45) is 0. The van der Waals surface area contributed by atoms with E-state index in [1.54, 1.807) is 0 Å². The quantitative estimate of drug-likeness (QED) is 0.422. The summed E-state index contributed by atoms with van der Waals surface area (Å²) < 4.78 is 0. The summed E-state index contributed by atoms with van der Waals surface area (Å²) in [5, 5.41) is 11.5. The van der Waals surface area contributed by atoms with Crippen molar-refractivity contribution in [1.82, 2.24) is 0 Å². The van der Waals surface area contributed by atoms with Gasteiger partial charge in [-0.05, 0) is 52.1 Å². The van der Waals surface area contributed by atoms with E-state index < -0.39 is 0 Å². The first-order chi connectivity index (χ1) is 12.3. The number of fused-ring (bicyclic) bond motifs is 1. The zero-order valence-electron chi connectivity index (χ0n) is 14.0. The molecule has 4 aromatic carbocycles. The standard InChI is InChI=1S/C24H17N/c1-17-6-10-19(11-7-17)21-14-15-22(24-5-3-2-4-23(21)24)20-12-8-18(16-25)9-13-20/h2-15H,1H3. The molecule has 0 aliphatic heterocycles. The minimum absolute atomic E-state index is 0.685. The van der Waals surface area contributed by atoms with E-state index in [1.165, 1.54) is 33.0 Å². The topological polar surface area (TPSA) is 23.8 Å². The van der Waals surface area contributed by atoms with E-state index in [0.717, 1.165) is 5.56 Å². The summed E-state index contributed by atoms with van der Waals surface area (Å²) in [4.78, 5) is 0. The van der Waals surface area contributed by atoms with Crippen LogP contribution >= 0.6 is 0 Å². The van der Waals surface area contributed by atoms with Crippen molar-refractivity contribution in [2.24, 2.45) is 0 Å². The van der Waals surface area contributed by atoms with Gasteiger partial charge in [-0.25, -0.2) is 0 Å². The van der Waals surface area contributed by atoms with Crippen LogP contribution in [0, 0.1) is 18.3 Å². The van der Waals surface area contributed by atoms with Gasteiger partial charge in [0.25, 0.3) is 0 Å². The Labute approximate surface area is 147 Å². The van der Waals surface area contributed by atoms with E-state index in [9.17, 15) is 0 Å². The molecule has 1 nitrogen and oxygen atoms in total. The lowest BCUT2D eigenvalue weighted by molar-refractivity contribution is 1.47. The van der Waals surface area contributed by atoms with Crippen LogP contribution in [0.5, 0.6) is 0 Å². The van der Waals surface area contributed by atoms with E-state index in [2.05, 4.69) is 73.7 Å². The van der Waals surface area contributed by atoms with Crippen LogP contribution in [0.15, 0.2) is 84.9 Å². The third-order valence-corrected chi connectivity index (χ3v) is 4.61. The van der Waals surface area contributed by atoms with Crippen LogP contribution in [0.4, 0.5) is 0 Å². The van der Waals surface area contributed by atoms with Crippen LogP contribution in [-0.2, 0) is 0 Å². The Hall–Kier alpha value is -3.37. The SMILES string of the molecule is Cc1ccc(-c2ccc(-c3ccc(C#N)cc3)c3ccccc23)cc1. The van der Waals surface area contributed by atoms with E-state index >= 15 is 0 Å². The van der Waals surface area contributed by atoms with Crippen molar-refractivity contribution in [3.05, 3.63) is 96.1 Å². The van der Waals surface area contributed by atoms with E-state index in [1.807, 2.05) is 24.3 Å². The van der Waals surface area contributed by atoms with E-state index in [0.29, 0.717) is 5.56 Å². The minimum Gasteiger partial charge on any atom is -0.192 e. The second-order valence-corrected chi connectivity index (χ2v) is 6.26. The Morgan fingerprint density at radius 3 is 1.56 bits per heavy atom. The zero-order chi connectivity index (χ0) is 17.2. The van der Waals surface area contributed by atoms with Gasteiger partial charge < -0.3 is 0 Å². The molecule has 25 heavy (non-hydrogen) atoms. The Kier molecular flexibility index (Phi) is 3.80. The number of benzene rings is 4. The summed E-state index contributed by atoms with van der Waals surface area (Å²) in [5.74, 6) is 0. The summed E-state index contributed by atoms with van der Waals surface area (Å²) in [6.45, 7) is 2.11. The average Bonchev–Trinajstić information content (AvgIpc) is 2.68. The first-order valence-corrected chi connectivity index (χ1v) is 8.35. The van der Waals surface area contributed by atoms with Crippen molar-refractivity contribution in [3.8, 4) is 28.3 Å². The lowest BCUT2D eigenvalue weighted by atomic mass is 9.91. The minimum atomic E-state index is 0.685. The van der Waals surface area contributed by atoms with Gasteiger partial charge in [-0.2, -0.15) is 5.26 Å². The molecule has 0 atom stereocenters. The molecular weight excluding hydrogens is 302 g/mol. The summed E-state index contributed by atoms with van der Waals surface area (Å²) >= 11 is 0. The number of aryl methyl sites for hydroxylation is 1. The Bertz CT molecular complexity index is 1080. The second-order valence-electron chi connectivity index (χ2n) is 6.26. The maximum atomic E-state index is 9.00. The number of hydrogen-bond donors (Lipinski definition) is 0. The molecule has 0 saturated carbocycles. The molecule has 0 saturated heterocycles. The molecule has 0 fully saturated rings. The van der Waals surface area contributed by atoms with Gasteiger partial charge in [-0.15, -0.1) is 0 Å². The molecule has 0 N–H and O–H groups in total. The molecule has 118 valence electrons. The normalized spacial score (nSPS) is 10.6. The predicted octanol–water partition coefficient (Wildman–Crippen LogP) is 6.35. The van der Waals surface area contributed by atoms with Crippen LogP contribution in [0.3, 0.4) is 0 Å². The monoisotopic (exact) mass is 319 g/mol. The van der Waals surface area contributed by atoms with Gasteiger partial charge in [0.1, 0.15) is 0 Å². The molecule has 4 rings (SSSR count). The van der Waals surface area contributed by atoms with Gasteiger partial charge in [0.05, 0.1) is 11.6 Å². The molecule has 0 heterocycles. The maximum absolute atomic E-state index is 9.00. The Morgan fingerprint density at radius 2 is 1.08 bits per heavy atom. The van der Waals surface area contributed by atoms with Gasteiger partial charge in [0.15, 0.2) is 0 Å². The van der Waals surface area contributed by atoms with Crippen LogP contribution in [-0.4, -0.2) is 0 Å².